The van der Waals surface area contributed by atoms with E-state index in [1.165, 1.54) is 12.3 Å². The van der Waals surface area contributed by atoms with Crippen LogP contribution in [0.25, 0.3) is 0 Å². The number of carbonyl (C=O) groups excluding carboxylic acids is 1. The highest BCUT2D eigenvalue weighted by Crippen LogP contribution is 2.30. The smallest absolute Gasteiger partial charge is 0.267 e. The van der Waals surface area contributed by atoms with Crippen molar-refractivity contribution in [3.63, 3.8) is 0 Å². The lowest BCUT2D eigenvalue weighted by Crippen LogP contribution is -2.14. The van der Waals surface area contributed by atoms with E-state index >= 15 is 0 Å². The zero-order valence-electron chi connectivity index (χ0n) is 11.9. The van der Waals surface area contributed by atoms with Gasteiger partial charge < -0.3 is 10.6 Å². The molecule has 0 saturated carbocycles. The number of nitrogens with zero attached hydrogens (tertiary/aromatic N) is 1. The highest BCUT2D eigenvalue weighted by molar-refractivity contribution is 6.43. The van der Waals surface area contributed by atoms with Crippen LogP contribution in [0.2, 0.25) is 20.1 Å². The van der Waals surface area contributed by atoms with Crippen LogP contribution in [0.3, 0.4) is 0 Å². The van der Waals surface area contributed by atoms with Gasteiger partial charge in [0.15, 0.2) is 0 Å². The maximum Gasteiger partial charge on any atom is 0.267 e. The zero-order chi connectivity index (χ0) is 17.7. The predicted octanol–water partition coefficient (Wildman–Crippen LogP) is 5.76. The fourth-order valence-corrected chi connectivity index (χ4v) is 2.51. The number of nitrogens with one attached hydrogen (secondary N) is 2. The van der Waals surface area contributed by atoms with Crippen molar-refractivity contribution < 1.29 is 4.79 Å². The molecule has 0 saturated heterocycles. The number of hydrogen-bond donors (Lipinski definition) is 2. The van der Waals surface area contributed by atoms with Gasteiger partial charge in [-0.3, -0.25) is 4.79 Å². The van der Waals surface area contributed by atoms with E-state index in [0.29, 0.717) is 21.4 Å². The molecule has 0 spiro atoms. The van der Waals surface area contributed by atoms with Crippen LogP contribution in [-0.2, 0) is 4.79 Å². The molecule has 8 heteroatoms. The molecule has 2 rings (SSSR count). The normalized spacial score (nSPS) is 10.9. The number of carbonyl (C=O) groups is 1. The van der Waals surface area contributed by atoms with Gasteiger partial charge in [0.25, 0.3) is 5.91 Å². The number of amides is 1. The molecule has 2 aromatic carbocycles. The SMILES string of the molecule is N#C/C(=C/Nc1cccc(Cl)c1Cl)C(=O)Nc1ccc(Cl)cc1Cl. The highest BCUT2D eigenvalue weighted by atomic mass is 35.5. The molecule has 2 N–H and O–H groups in total. The first kappa shape index (κ1) is 18.4. The fourth-order valence-electron chi connectivity index (χ4n) is 1.69. The van der Waals surface area contributed by atoms with Crippen molar-refractivity contribution >= 4 is 63.7 Å². The van der Waals surface area contributed by atoms with Crippen molar-refractivity contribution in [2.75, 3.05) is 10.6 Å². The summed E-state index contributed by atoms with van der Waals surface area (Å²) in [6.45, 7) is 0. The molecule has 0 atom stereocenters. The second-order valence-corrected chi connectivity index (χ2v) is 6.12. The Morgan fingerprint density at radius 1 is 1.04 bits per heavy atom. The molecule has 2 aromatic rings. The van der Waals surface area contributed by atoms with E-state index in [1.807, 2.05) is 0 Å². The molecule has 0 aliphatic rings. The molecule has 0 bridgehead atoms. The molecule has 1 amide bonds. The van der Waals surface area contributed by atoms with Gasteiger partial charge in [-0.15, -0.1) is 0 Å². The number of anilines is 2. The molecule has 0 radical (unpaired) electrons. The van der Waals surface area contributed by atoms with Gasteiger partial charge in [-0.2, -0.15) is 5.26 Å². The zero-order valence-corrected chi connectivity index (χ0v) is 14.9. The van der Waals surface area contributed by atoms with Crippen molar-refractivity contribution in [3.05, 3.63) is 68.3 Å². The van der Waals surface area contributed by atoms with E-state index in [4.69, 9.17) is 51.7 Å². The first-order chi connectivity index (χ1) is 11.4. The minimum atomic E-state index is -0.632. The summed E-state index contributed by atoms with van der Waals surface area (Å²) >= 11 is 23.7. The number of rotatable bonds is 4. The van der Waals surface area contributed by atoms with E-state index < -0.39 is 5.91 Å². The van der Waals surface area contributed by atoms with Crippen LogP contribution >= 0.6 is 46.4 Å². The lowest BCUT2D eigenvalue weighted by molar-refractivity contribution is -0.112. The van der Waals surface area contributed by atoms with E-state index in [9.17, 15) is 4.79 Å². The Morgan fingerprint density at radius 2 is 1.79 bits per heavy atom. The number of nitriles is 1. The molecule has 0 aliphatic carbocycles. The summed E-state index contributed by atoms with van der Waals surface area (Å²) < 4.78 is 0. The Balaban J connectivity index is 2.17. The van der Waals surface area contributed by atoms with Gasteiger partial charge in [0.1, 0.15) is 11.6 Å². The molecule has 24 heavy (non-hydrogen) atoms. The third-order valence-corrected chi connectivity index (χ3v) is 4.23. The predicted molar refractivity (Wildman–Crippen MR) is 98.9 cm³/mol. The highest BCUT2D eigenvalue weighted by Gasteiger charge is 2.12. The van der Waals surface area contributed by atoms with Crippen molar-refractivity contribution in [1.29, 1.82) is 5.26 Å². The summed E-state index contributed by atoms with van der Waals surface area (Å²) in [7, 11) is 0. The van der Waals surface area contributed by atoms with Gasteiger partial charge >= 0.3 is 0 Å². The summed E-state index contributed by atoms with van der Waals surface area (Å²) in [6.07, 6.45) is 1.23. The molecule has 0 aromatic heterocycles. The average molecular weight is 401 g/mol. The van der Waals surface area contributed by atoms with Crippen molar-refractivity contribution in [3.8, 4) is 6.07 Å². The minimum absolute atomic E-state index is 0.169. The maximum atomic E-state index is 12.2. The third-order valence-electron chi connectivity index (χ3n) is 2.87. The van der Waals surface area contributed by atoms with E-state index in [0.717, 1.165) is 0 Å². The van der Waals surface area contributed by atoms with Crippen molar-refractivity contribution in [2.24, 2.45) is 0 Å². The molecule has 0 unspecified atom stereocenters. The Labute approximate surface area is 158 Å². The van der Waals surface area contributed by atoms with Gasteiger partial charge in [-0.05, 0) is 30.3 Å². The average Bonchev–Trinajstić information content (AvgIpc) is 2.54. The monoisotopic (exact) mass is 399 g/mol. The van der Waals surface area contributed by atoms with Crippen LogP contribution in [0.4, 0.5) is 11.4 Å². The molecular weight excluding hydrogens is 392 g/mol. The molecule has 0 aliphatic heterocycles. The van der Waals surface area contributed by atoms with Crippen molar-refractivity contribution in [2.45, 2.75) is 0 Å². The molecule has 122 valence electrons. The maximum absolute atomic E-state index is 12.2. The summed E-state index contributed by atoms with van der Waals surface area (Å²) in [6, 6.07) is 11.4. The lowest BCUT2D eigenvalue weighted by Gasteiger charge is -2.08. The quantitative estimate of drug-likeness (QED) is 0.506. The number of benzene rings is 2. The summed E-state index contributed by atoms with van der Waals surface area (Å²) in [5.41, 5.74) is 0.638. The first-order valence-electron chi connectivity index (χ1n) is 6.49. The third kappa shape index (κ3) is 4.56. The molecule has 0 heterocycles. The Hall–Kier alpha value is -1.90. The van der Waals surface area contributed by atoms with Crippen LogP contribution in [0, 0.1) is 11.3 Å². The first-order valence-corrected chi connectivity index (χ1v) is 8.00. The fraction of sp³-hybridized carbons (Fsp3) is 0. The van der Waals surface area contributed by atoms with Gasteiger partial charge in [-0.25, -0.2) is 0 Å². The summed E-state index contributed by atoms with van der Waals surface area (Å²) in [5, 5.41) is 15.8. The Morgan fingerprint density at radius 3 is 2.46 bits per heavy atom. The van der Waals surface area contributed by atoms with Gasteiger partial charge in [0, 0.05) is 11.2 Å². The Bertz CT molecular complexity index is 859. The van der Waals surface area contributed by atoms with Crippen molar-refractivity contribution in [1.82, 2.24) is 0 Å². The molecule has 0 fully saturated rings. The van der Waals surface area contributed by atoms with E-state index in [-0.39, 0.29) is 15.6 Å². The van der Waals surface area contributed by atoms with Crippen LogP contribution in [0.5, 0.6) is 0 Å². The van der Waals surface area contributed by atoms with E-state index in [2.05, 4.69) is 10.6 Å². The number of hydrogen-bond acceptors (Lipinski definition) is 3. The topological polar surface area (TPSA) is 64.9 Å². The second-order valence-electron chi connectivity index (χ2n) is 4.49. The Kier molecular flexibility index (Phi) is 6.36. The minimum Gasteiger partial charge on any atom is -0.359 e. The standard InChI is InChI=1S/C16H9Cl4N3O/c17-10-4-5-13(12(19)6-10)23-16(24)9(7-21)8-22-14-3-1-2-11(18)15(14)20/h1-6,8,22H,(H,23,24)/b9-8-. The van der Waals surface area contributed by atoms with E-state index in [1.54, 1.807) is 36.4 Å². The summed E-state index contributed by atoms with van der Waals surface area (Å²) in [5.74, 6) is -0.632. The van der Waals surface area contributed by atoms with Gasteiger partial charge in [-0.1, -0.05) is 52.5 Å². The van der Waals surface area contributed by atoms with Crippen LogP contribution in [0.15, 0.2) is 48.2 Å². The van der Waals surface area contributed by atoms with Gasteiger partial charge in [0.2, 0.25) is 0 Å². The number of halogens is 4. The van der Waals surface area contributed by atoms with Crippen LogP contribution in [-0.4, -0.2) is 5.91 Å². The lowest BCUT2D eigenvalue weighted by atomic mass is 10.2. The molecular formula is C16H9Cl4N3O. The summed E-state index contributed by atoms with van der Waals surface area (Å²) in [4.78, 5) is 12.2. The van der Waals surface area contributed by atoms with Gasteiger partial charge in [0.05, 0.1) is 26.4 Å². The van der Waals surface area contributed by atoms with Crippen LogP contribution < -0.4 is 10.6 Å². The largest absolute Gasteiger partial charge is 0.359 e. The van der Waals surface area contributed by atoms with Crippen LogP contribution in [0.1, 0.15) is 0 Å². The molecule has 4 nitrogen and oxygen atoms in total. The second kappa shape index (κ2) is 8.27.